The van der Waals surface area contributed by atoms with Crippen LogP contribution in [0, 0.1) is 0 Å². The van der Waals surface area contributed by atoms with Crippen LogP contribution in [0.15, 0.2) is 72.8 Å². The van der Waals surface area contributed by atoms with Crippen LogP contribution >= 0.6 is 0 Å². The maximum Gasteiger partial charge on any atom is -0.0126 e. The molecule has 0 spiro atoms. The van der Waals surface area contributed by atoms with E-state index in [1.807, 2.05) is 0 Å². The monoisotopic (exact) mass is 368 g/mol. The first-order valence-electron chi connectivity index (χ1n) is 10.1. The molecule has 0 radical (unpaired) electrons. The molecule has 0 amide bonds. The molecule has 0 aliphatic heterocycles. The average molecular weight is 369 g/mol. The predicted octanol–water partition coefficient (Wildman–Crippen LogP) is 8.12. The first kappa shape index (κ1) is 20.1. The van der Waals surface area contributed by atoms with Gasteiger partial charge in [-0.25, -0.2) is 0 Å². The van der Waals surface area contributed by atoms with E-state index in [1.165, 1.54) is 33.4 Å². The fraction of sp³-hybridized carbons (Fsp3) is 0.286. The summed E-state index contributed by atoms with van der Waals surface area (Å²) in [4.78, 5) is 0. The number of benzene rings is 3. The van der Waals surface area contributed by atoms with Crippen molar-refractivity contribution in [2.24, 2.45) is 0 Å². The summed E-state index contributed by atoms with van der Waals surface area (Å²) in [6, 6.07) is 26.4. The van der Waals surface area contributed by atoms with Crippen molar-refractivity contribution in [3.63, 3.8) is 0 Å². The first-order chi connectivity index (χ1) is 13.1. The lowest BCUT2D eigenvalue weighted by Crippen LogP contribution is -2.13. The Balaban J connectivity index is 1.98. The van der Waals surface area contributed by atoms with Crippen LogP contribution in [0.4, 0.5) is 0 Å². The molecule has 0 fully saturated rings. The van der Waals surface area contributed by atoms with Crippen LogP contribution in [0.25, 0.3) is 23.3 Å². The Kier molecular flexibility index (Phi) is 5.61. The first-order valence-corrected chi connectivity index (χ1v) is 10.1. The summed E-state index contributed by atoms with van der Waals surface area (Å²) < 4.78 is 0. The molecule has 0 bridgehead atoms. The Morgan fingerprint density at radius 2 is 1.21 bits per heavy atom. The Hall–Kier alpha value is -2.60. The van der Waals surface area contributed by atoms with Crippen molar-refractivity contribution in [1.82, 2.24) is 0 Å². The van der Waals surface area contributed by atoms with Crippen molar-refractivity contribution < 1.29 is 0 Å². The Morgan fingerprint density at radius 1 is 0.571 bits per heavy atom. The molecule has 3 aromatic rings. The third kappa shape index (κ3) is 4.81. The second-order valence-corrected chi connectivity index (χ2v) is 9.62. The van der Waals surface area contributed by atoms with Gasteiger partial charge in [-0.05, 0) is 50.3 Å². The average Bonchev–Trinajstić information content (AvgIpc) is 2.66. The Morgan fingerprint density at radius 3 is 1.79 bits per heavy atom. The summed E-state index contributed by atoms with van der Waals surface area (Å²) in [5, 5.41) is 0. The lowest BCUT2D eigenvalue weighted by atomic mass is 9.82. The maximum absolute atomic E-state index is 2.32. The van der Waals surface area contributed by atoms with Gasteiger partial charge in [0.1, 0.15) is 0 Å². The van der Waals surface area contributed by atoms with Crippen molar-refractivity contribution in [3.8, 4) is 11.1 Å². The fourth-order valence-corrected chi connectivity index (χ4v) is 3.47. The van der Waals surface area contributed by atoms with E-state index in [9.17, 15) is 0 Å². The second-order valence-electron chi connectivity index (χ2n) is 9.62. The molecule has 0 saturated carbocycles. The maximum atomic E-state index is 2.32. The van der Waals surface area contributed by atoms with Crippen LogP contribution in [0.5, 0.6) is 0 Å². The van der Waals surface area contributed by atoms with E-state index in [0.29, 0.717) is 0 Å². The minimum Gasteiger partial charge on any atom is -0.0622 e. The van der Waals surface area contributed by atoms with Gasteiger partial charge >= 0.3 is 0 Å². The normalized spacial score (nSPS) is 12.5. The van der Waals surface area contributed by atoms with Gasteiger partial charge in [-0.15, -0.1) is 0 Å². The zero-order valence-corrected chi connectivity index (χ0v) is 18.1. The van der Waals surface area contributed by atoms with Crippen molar-refractivity contribution in [2.45, 2.75) is 52.4 Å². The Labute approximate surface area is 171 Å². The molecule has 28 heavy (non-hydrogen) atoms. The minimum absolute atomic E-state index is 0.102. The van der Waals surface area contributed by atoms with Gasteiger partial charge in [0.05, 0.1) is 0 Å². The number of hydrogen-bond donors (Lipinski definition) is 0. The highest BCUT2D eigenvalue weighted by Crippen LogP contribution is 2.31. The number of hydrogen-bond acceptors (Lipinski definition) is 0. The molecule has 0 aliphatic carbocycles. The highest BCUT2D eigenvalue weighted by molar-refractivity contribution is 5.76. The van der Waals surface area contributed by atoms with Gasteiger partial charge in [0.15, 0.2) is 0 Å². The molecule has 3 aromatic carbocycles. The molecule has 0 heterocycles. The van der Waals surface area contributed by atoms with Crippen molar-refractivity contribution in [2.75, 3.05) is 0 Å². The summed E-state index contributed by atoms with van der Waals surface area (Å²) in [5.74, 6) is 0. The third-order valence-corrected chi connectivity index (χ3v) is 5.20. The van der Waals surface area contributed by atoms with Gasteiger partial charge in [0.25, 0.3) is 0 Å². The second kappa shape index (κ2) is 7.80. The molecule has 0 aromatic heterocycles. The minimum atomic E-state index is 0.102. The van der Waals surface area contributed by atoms with E-state index in [4.69, 9.17) is 0 Å². The van der Waals surface area contributed by atoms with Crippen LogP contribution in [0.2, 0.25) is 0 Å². The summed E-state index contributed by atoms with van der Waals surface area (Å²) in [7, 11) is 0. The van der Waals surface area contributed by atoms with E-state index in [-0.39, 0.29) is 10.8 Å². The highest BCUT2D eigenvalue weighted by atomic mass is 14.2. The van der Waals surface area contributed by atoms with Gasteiger partial charge in [0, 0.05) is 0 Å². The molecule has 0 nitrogen and oxygen atoms in total. The summed E-state index contributed by atoms with van der Waals surface area (Å²) >= 11 is 0. The van der Waals surface area contributed by atoms with E-state index < -0.39 is 0 Å². The van der Waals surface area contributed by atoms with Crippen LogP contribution in [0.3, 0.4) is 0 Å². The third-order valence-electron chi connectivity index (χ3n) is 5.20. The zero-order valence-electron chi connectivity index (χ0n) is 18.1. The van der Waals surface area contributed by atoms with Gasteiger partial charge in [-0.3, -0.25) is 0 Å². The largest absolute Gasteiger partial charge is 0.0622 e. The highest BCUT2D eigenvalue weighted by Gasteiger charge is 2.17. The summed E-state index contributed by atoms with van der Waals surface area (Å²) in [5.41, 5.74) is 8.06. The molecule has 0 N–H and O–H groups in total. The Bertz CT molecular complexity index is 944. The molecular formula is C28H32. The van der Waals surface area contributed by atoms with Crippen LogP contribution in [-0.2, 0) is 10.8 Å². The molecule has 0 heteroatoms. The van der Waals surface area contributed by atoms with Gasteiger partial charge in [0.2, 0.25) is 0 Å². The molecule has 3 rings (SSSR count). The SMILES string of the molecule is CC(C)(C)c1ccc(C=Cc2cc(-c3ccccc3)ccc2C(C)(C)C)cc1. The van der Waals surface area contributed by atoms with Gasteiger partial charge < -0.3 is 0 Å². The predicted molar refractivity (Wildman–Crippen MR) is 125 cm³/mol. The van der Waals surface area contributed by atoms with E-state index in [1.54, 1.807) is 0 Å². The summed E-state index contributed by atoms with van der Waals surface area (Å²) in [6.45, 7) is 13.6. The van der Waals surface area contributed by atoms with Crippen LogP contribution in [0.1, 0.15) is 63.8 Å². The lowest BCUT2D eigenvalue weighted by Gasteiger charge is -2.22. The van der Waals surface area contributed by atoms with Crippen molar-refractivity contribution in [1.29, 1.82) is 0 Å². The number of rotatable bonds is 3. The van der Waals surface area contributed by atoms with Gasteiger partial charge in [-0.2, -0.15) is 0 Å². The standard InChI is InChI=1S/C28H32/c1-27(2,3)25-17-13-21(14-18-25)12-15-24-20-23(22-10-8-7-9-11-22)16-19-26(24)28(4,5)6/h7-20H,1-6H3. The molecule has 0 aliphatic rings. The summed E-state index contributed by atoms with van der Waals surface area (Å²) in [6.07, 6.45) is 4.49. The molecular weight excluding hydrogens is 336 g/mol. The molecule has 0 saturated heterocycles. The van der Waals surface area contributed by atoms with Crippen molar-refractivity contribution in [3.05, 3.63) is 95.1 Å². The lowest BCUT2D eigenvalue weighted by molar-refractivity contribution is 0.589. The van der Waals surface area contributed by atoms with E-state index in [2.05, 4.69) is 126 Å². The quantitative estimate of drug-likeness (QED) is 0.409. The fourth-order valence-electron chi connectivity index (χ4n) is 3.47. The van der Waals surface area contributed by atoms with Gasteiger partial charge in [-0.1, -0.05) is 120 Å². The topological polar surface area (TPSA) is 0 Å². The molecule has 0 atom stereocenters. The zero-order chi connectivity index (χ0) is 20.4. The van der Waals surface area contributed by atoms with Crippen LogP contribution in [-0.4, -0.2) is 0 Å². The molecule has 0 unspecified atom stereocenters. The van der Waals surface area contributed by atoms with Crippen molar-refractivity contribution >= 4 is 12.2 Å². The van der Waals surface area contributed by atoms with E-state index in [0.717, 1.165) is 0 Å². The molecule has 144 valence electrons. The smallest absolute Gasteiger partial charge is 0.0126 e. The van der Waals surface area contributed by atoms with Crippen LogP contribution < -0.4 is 0 Å². The van der Waals surface area contributed by atoms with E-state index >= 15 is 0 Å².